The van der Waals surface area contributed by atoms with Crippen LogP contribution in [0.3, 0.4) is 0 Å². The van der Waals surface area contributed by atoms with Crippen molar-refractivity contribution in [3.63, 3.8) is 0 Å². The van der Waals surface area contributed by atoms with Gasteiger partial charge in [0.05, 0.1) is 23.5 Å². The Balaban J connectivity index is 1.95. The average molecular weight is 631 g/mol. The molecule has 1 fully saturated rings. The van der Waals surface area contributed by atoms with Crippen LogP contribution in [0.2, 0.25) is 0 Å². The van der Waals surface area contributed by atoms with E-state index in [-0.39, 0.29) is 42.1 Å². The lowest BCUT2D eigenvalue weighted by atomic mass is 9.56. The number of thioether (sulfide) groups is 1. The number of unbranched alkanes of at least 4 members (excludes halogenated alkanes) is 2. The molecule has 44 heavy (non-hydrogen) atoms. The van der Waals surface area contributed by atoms with Gasteiger partial charge in [0.25, 0.3) is 0 Å². The Labute approximate surface area is 266 Å². The maximum atomic E-state index is 12.4. The van der Waals surface area contributed by atoms with Crippen LogP contribution >= 0.6 is 11.8 Å². The Morgan fingerprint density at radius 3 is 2.64 bits per heavy atom. The molecule has 9 nitrogen and oxygen atoms in total. The molecular weight excluding hydrogens is 580 g/mol. The monoisotopic (exact) mass is 630 g/mol. The van der Waals surface area contributed by atoms with Crippen molar-refractivity contribution in [2.45, 2.75) is 82.7 Å². The zero-order valence-electron chi connectivity index (χ0n) is 26.5. The van der Waals surface area contributed by atoms with Crippen LogP contribution < -0.4 is 14.8 Å². The van der Waals surface area contributed by atoms with Gasteiger partial charge in [0.2, 0.25) is 5.79 Å². The SMILES string of the molecule is C=CCOC12Oc3ccc(OC(=O)NCC)cc3C3C(CCCCO)C(CCCCO)C=C(C(=NOCC)CC1SCC)C32. The van der Waals surface area contributed by atoms with Gasteiger partial charge in [-0.15, -0.1) is 6.58 Å². The highest BCUT2D eigenvalue weighted by Crippen LogP contribution is 2.62. The maximum Gasteiger partial charge on any atom is 0.412 e. The standard InChI is InChI=1S/C34H50N2O7S/c1-5-19-40-34-30(44-8-4)22-28(36-41-7-3)26-20-23(13-9-11-17-37)25(14-10-12-18-38)31(32(26)34)27-21-24(15-16-29(27)43-34)42-33(39)35-6-2/h5,15-16,20-21,23,25,30-32,37-38H,1,6-14,17-19,22H2,2-4H3,(H,35,39). The first kappa shape index (κ1) is 34.3. The molecule has 1 aromatic rings. The second kappa shape index (κ2) is 16.7. The number of amides is 1. The van der Waals surface area contributed by atoms with E-state index in [4.69, 9.17) is 19.0 Å². The summed E-state index contributed by atoms with van der Waals surface area (Å²) >= 11 is 1.81. The first-order chi connectivity index (χ1) is 21.5. The number of carbonyl (C=O) groups excluding carboxylic acids is 1. The molecule has 1 amide bonds. The molecule has 10 heteroatoms. The van der Waals surface area contributed by atoms with Crippen LogP contribution in [-0.4, -0.2) is 71.8 Å². The molecule has 2 aliphatic carbocycles. The molecule has 0 saturated heterocycles. The van der Waals surface area contributed by atoms with E-state index in [0.29, 0.717) is 31.9 Å². The van der Waals surface area contributed by atoms with Gasteiger partial charge in [-0.2, -0.15) is 11.8 Å². The molecule has 1 saturated carbocycles. The molecule has 4 rings (SSSR count). The van der Waals surface area contributed by atoms with Gasteiger partial charge in [-0.3, -0.25) is 0 Å². The number of ether oxygens (including phenoxy) is 3. The van der Waals surface area contributed by atoms with Crippen LogP contribution in [0.5, 0.6) is 11.5 Å². The number of carbonyl (C=O) groups is 1. The molecule has 0 bridgehead atoms. The molecule has 3 aliphatic rings. The minimum atomic E-state index is -0.975. The van der Waals surface area contributed by atoms with Crippen molar-refractivity contribution in [3.8, 4) is 11.5 Å². The van der Waals surface area contributed by atoms with E-state index < -0.39 is 11.9 Å². The number of nitrogens with one attached hydrogen (secondary N) is 1. The highest BCUT2D eigenvalue weighted by Gasteiger charge is 2.63. The van der Waals surface area contributed by atoms with Gasteiger partial charge < -0.3 is 34.6 Å². The lowest BCUT2D eigenvalue weighted by molar-refractivity contribution is -0.223. The van der Waals surface area contributed by atoms with E-state index >= 15 is 0 Å². The number of hydrogen-bond acceptors (Lipinski definition) is 9. The van der Waals surface area contributed by atoms with E-state index in [1.165, 1.54) is 0 Å². The number of rotatable bonds is 17. The van der Waals surface area contributed by atoms with E-state index in [1.807, 2.05) is 37.7 Å². The third kappa shape index (κ3) is 7.46. The number of fused-ring (bicyclic) bond motifs is 2. The summed E-state index contributed by atoms with van der Waals surface area (Å²) in [7, 11) is 0. The number of allylic oxidation sites excluding steroid dienone is 1. The Morgan fingerprint density at radius 2 is 1.95 bits per heavy atom. The van der Waals surface area contributed by atoms with Crippen LogP contribution in [0, 0.1) is 17.8 Å². The molecule has 3 N–H and O–H groups in total. The summed E-state index contributed by atoms with van der Waals surface area (Å²) in [4.78, 5) is 18.1. The van der Waals surface area contributed by atoms with Gasteiger partial charge in [0.1, 0.15) is 18.1 Å². The third-order valence-corrected chi connectivity index (χ3v) is 10.1. The Hall–Kier alpha value is -2.53. The van der Waals surface area contributed by atoms with Gasteiger partial charge in [0.15, 0.2) is 0 Å². The minimum Gasteiger partial charge on any atom is -0.460 e. The number of benzene rings is 1. The molecular formula is C34H50N2O7S. The Kier molecular flexibility index (Phi) is 13.0. The first-order valence-electron chi connectivity index (χ1n) is 16.2. The summed E-state index contributed by atoms with van der Waals surface area (Å²) in [6.45, 7) is 11.5. The Morgan fingerprint density at radius 1 is 1.18 bits per heavy atom. The third-order valence-electron chi connectivity index (χ3n) is 8.82. The highest BCUT2D eigenvalue weighted by atomic mass is 32.2. The van der Waals surface area contributed by atoms with Crippen LogP contribution in [0.15, 0.2) is 47.7 Å². The normalized spacial score (nSPS) is 27.9. The fourth-order valence-corrected chi connectivity index (χ4v) is 8.34. The van der Waals surface area contributed by atoms with Crippen molar-refractivity contribution < 1.29 is 34.1 Å². The van der Waals surface area contributed by atoms with Crippen molar-refractivity contribution in [1.82, 2.24) is 5.32 Å². The van der Waals surface area contributed by atoms with Gasteiger partial charge >= 0.3 is 6.09 Å². The summed E-state index contributed by atoms with van der Waals surface area (Å²) in [6.07, 6.45) is 9.33. The molecule has 1 aliphatic heterocycles. The summed E-state index contributed by atoms with van der Waals surface area (Å²) in [5.41, 5.74) is 3.00. The summed E-state index contributed by atoms with van der Waals surface area (Å²) in [5.74, 6) is 1.26. The summed E-state index contributed by atoms with van der Waals surface area (Å²) in [6, 6.07) is 5.64. The predicted octanol–water partition coefficient (Wildman–Crippen LogP) is 6.20. The fourth-order valence-electron chi connectivity index (χ4n) is 7.17. The van der Waals surface area contributed by atoms with Gasteiger partial charge in [-0.25, -0.2) is 4.79 Å². The van der Waals surface area contributed by atoms with Crippen LogP contribution in [0.1, 0.15) is 77.2 Å². The van der Waals surface area contributed by atoms with Crippen molar-refractivity contribution in [3.05, 3.63) is 48.1 Å². The lowest BCUT2D eigenvalue weighted by Crippen LogP contribution is -2.64. The molecule has 1 heterocycles. The molecule has 0 spiro atoms. The second-order valence-electron chi connectivity index (χ2n) is 11.5. The number of nitrogens with zero attached hydrogens (tertiary/aromatic N) is 1. The van der Waals surface area contributed by atoms with Crippen LogP contribution in [0.25, 0.3) is 0 Å². The number of oxime groups is 1. The highest BCUT2D eigenvalue weighted by molar-refractivity contribution is 8.00. The molecule has 6 atom stereocenters. The van der Waals surface area contributed by atoms with Crippen molar-refractivity contribution in [1.29, 1.82) is 0 Å². The minimum absolute atomic E-state index is 0.0359. The lowest BCUT2D eigenvalue weighted by Gasteiger charge is -2.58. The molecule has 6 unspecified atom stereocenters. The summed E-state index contributed by atoms with van der Waals surface area (Å²) < 4.78 is 19.5. The smallest absolute Gasteiger partial charge is 0.412 e. The van der Waals surface area contributed by atoms with Crippen molar-refractivity contribution in [2.24, 2.45) is 22.9 Å². The van der Waals surface area contributed by atoms with E-state index in [0.717, 1.165) is 66.9 Å². The zero-order valence-corrected chi connectivity index (χ0v) is 27.3. The van der Waals surface area contributed by atoms with Crippen molar-refractivity contribution >= 4 is 23.6 Å². The predicted molar refractivity (Wildman–Crippen MR) is 174 cm³/mol. The van der Waals surface area contributed by atoms with Gasteiger partial charge in [0, 0.05) is 37.7 Å². The molecule has 244 valence electrons. The molecule has 0 aromatic heterocycles. The van der Waals surface area contributed by atoms with Crippen molar-refractivity contribution in [2.75, 3.05) is 38.7 Å². The average Bonchev–Trinajstić information content (AvgIpc) is 3.02. The molecule has 1 aromatic carbocycles. The van der Waals surface area contributed by atoms with E-state index in [2.05, 4.69) is 30.1 Å². The van der Waals surface area contributed by atoms with E-state index in [9.17, 15) is 15.0 Å². The number of aliphatic hydroxyl groups excluding tert-OH is 2. The first-order valence-corrected chi connectivity index (χ1v) is 17.3. The number of hydrogen-bond donors (Lipinski definition) is 3. The fraction of sp³-hybridized carbons (Fsp3) is 0.647. The topological polar surface area (TPSA) is 119 Å². The van der Waals surface area contributed by atoms with Gasteiger partial charge in [-0.05, 0) is 80.9 Å². The van der Waals surface area contributed by atoms with E-state index in [1.54, 1.807) is 12.1 Å². The Bertz CT molecular complexity index is 1170. The van der Waals surface area contributed by atoms with Crippen LogP contribution in [-0.2, 0) is 9.57 Å². The van der Waals surface area contributed by atoms with Crippen LogP contribution in [0.4, 0.5) is 4.79 Å². The quantitative estimate of drug-likeness (QED) is 0.106. The largest absolute Gasteiger partial charge is 0.460 e. The molecule has 0 radical (unpaired) electrons. The zero-order chi connectivity index (χ0) is 31.5. The maximum absolute atomic E-state index is 12.4. The number of aliphatic hydroxyl groups is 2. The summed E-state index contributed by atoms with van der Waals surface area (Å²) in [5, 5.41) is 26.6. The second-order valence-corrected chi connectivity index (χ2v) is 13.0. The van der Waals surface area contributed by atoms with Gasteiger partial charge in [-0.1, -0.05) is 37.1 Å².